The third-order valence-corrected chi connectivity index (χ3v) is 3.10. The Balaban J connectivity index is 1.97. The summed E-state index contributed by atoms with van der Waals surface area (Å²) in [5.74, 6) is -0.909. The van der Waals surface area contributed by atoms with Gasteiger partial charge in [0.25, 0.3) is 0 Å². The van der Waals surface area contributed by atoms with Crippen molar-refractivity contribution in [3.63, 3.8) is 0 Å². The van der Waals surface area contributed by atoms with E-state index in [2.05, 4.69) is 5.32 Å². The first-order valence-corrected chi connectivity index (χ1v) is 7.05. The number of amides is 1. The largest absolute Gasteiger partial charge is 0.494 e. The molecule has 0 aromatic heterocycles. The second kappa shape index (κ2) is 7.54. The molecule has 0 aliphatic rings. The average molecular weight is 305 g/mol. The Morgan fingerprint density at radius 1 is 1.18 bits per heavy atom. The molecule has 0 spiro atoms. The molecule has 0 heterocycles. The molecule has 0 fully saturated rings. The molecule has 0 saturated heterocycles. The Morgan fingerprint density at radius 3 is 2.73 bits per heavy atom. The number of rotatable bonds is 6. The summed E-state index contributed by atoms with van der Waals surface area (Å²) >= 11 is 0. The quantitative estimate of drug-likeness (QED) is 0.878. The number of hydrogen-bond acceptors (Lipinski definition) is 2. The van der Waals surface area contributed by atoms with Crippen LogP contribution in [0, 0.1) is 11.6 Å². The third-order valence-electron chi connectivity index (χ3n) is 3.10. The maximum atomic E-state index is 13.5. The van der Waals surface area contributed by atoms with E-state index in [1.54, 1.807) is 0 Å². The highest BCUT2D eigenvalue weighted by Crippen LogP contribution is 2.20. The normalized spacial score (nSPS) is 10.3. The van der Waals surface area contributed by atoms with Crippen molar-refractivity contribution in [2.24, 2.45) is 0 Å². The van der Waals surface area contributed by atoms with Crippen LogP contribution in [0.2, 0.25) is 0 Å². The third kappa shape index (κ3) is 4.28. The Kier molecular flexibility index (Phi) is 5.47. The number of aryl methyl sites for hydroxylation is 1. The summed E-state index contributed by atoms with van der Waals surface area (Å²) in [7, 11) is 0. The number of nitrogens with one attached hydrogen (secondary N) is 1. The fourth-order valence-electron chi connectivity index (χ4n) is 2.06. The van der Waals surface area contributed by atoms with Gasteiger partial charge in [-0.25, -0.2) is 8.78 Å². The van der Waals surface area contributed by atoms with Crippen molar-refractivity contribution in [1.82, 2.24) is 0 Å². The number of anilines is 1. The Morgan fingerprint density at radius 2 is 1.95 bits per heavy atom. The smallest absolute Gasteiger partial charge is 0.224 e. The van der Waals surface area contributed by atoms with Crippen LogP contribution < -0.4 is 10.1 Å². The minimum absolute atomic E-state index is 0.150. The highest BCUT2D eigenvalue weighted by atomic mass is 19.1. The summed E-state index contributed by atoms with van der Waals surface area (Å²) in [5, 5.41) is 2.38. The SMILES string of the molecule is CCOc1ccccc1CCC(=O)Nc1cc(F)ccc1F. The molecule has 1 amide bonds. The Labute approximate surface area is 127 Å². The van der Waals surface area contributed by atoms with Crippen LogP contribution in [0.5, 0.6) is 5.75 Å². The predicted octanol–water partition coefficient (Wildman–Crippen LogP) is 3.93. The zero-order valence-electron chi connectivity index (χ0n) is 12.2. The first-order chi connectivity index (χ1) is 10.6. The van der Waals surface area contributed by atoms with E-state index in [1.165, 1.54) is 0 Å². The topological polar surface area (TPSA) is 38.3 Å². The van der Waals surface area contributed by atoms with E-state index in [0.29, 0.717) is 13.0 Å². The van der Waals surface area contributed by atoms with Crippen molar-refractivity contribution >= 4 is 11.6 Å². The fraction of sp³-hybridized carbons (Fsp3) is 0.235. The Bertz CT molecular complexity index is 659. The van der Waals surface area contributed by atoms with E-state index in [0.717, 1.165) is 29.5 Å². The summed E-state index contributed by atoms with van der Waals surface area (Å²) in [6.07, 6.45) is 0.610. The van der Waals surface area contributed by atoms with Gasteiger partial charge in [-0.2, -0.15) is 0 Å². The minimum Gasteiger partial charge on any atom is -0.494 e. The van der Waals surface area contributed by atoms with E-state index in [4.69, 9.17) is 4.74 Å². The standard InChI is InChI=1S/C17H17F2NO2/c1-2-22-16-6-4-3-5-12(16)7-10-17(21)20-15-11-13(18)8-9-14(15)19/h3-6,8-9,11H,2,7,10H2,1H3,(H,20,21). The van der Waals surface area contributed by atoms with Crippen molar-refractivity contribution in [2.45, 2.75) is 19.8 Å². The molecule has 3 nitrogen and oxygen atoms in total. The van der Waals surface area contributed by atoms with E-state index >= 15 is 0 Å². The second-order valence-electron chi connectivity index (χ2n) is 4.71. The van der Waals surface area contributed by atoms with Crippen LogP contribution in [0.3, 0.4) is 0 Å². The van der Waals surface area contributed by atoms with Crippen LogP contribution in [0.1, 0.15) is 18.9 Å². The number of para-hydroxylation sites is 1. The van der Waals surface area contributed by atoms with Gasteiger partial charge in [0.1, 0.15) is 17.4 Å². The van der Waals surface area contributed by atoms with E-state index in [1.807, 2.05) is 31.2 Å². The summed E-state index contributed by atoms with van der Waals surface area (Å²) in [5.41, 5.74) is 0.752. The molecular weight excluding hydrogens is 288 g/mol. The number of ether oxygens (including phenoxy) is 1. The fourth-order valence-corrected chi connectivity index (χ4v) is 2.06. The van der Waals surface area contributed by atoms with Crippen molar-refractivity contribution in [3.05, 3.63) is 59.7 Å². The number of carbonyl (C=O) groups is 1. The lowest BCUT2D eigenvalue weighted by Crippen LogP contribution is -2.14. The van der Waals surface area contributed by atoms with Gasteiger partial charge in [-0.1, -0.05) is 18.2 Å². The van der Waals surface area contributed by atoms with Crippen molar-refractivity contribution < 1.29 is 18.3 Å². The second-order valence-corrected chi connectivity index (χ2v) is 4.71. The molecule has 0 aliphatic heterocycles. The van der Waals surface area contributed by atoms with Crippen LogP contribution in [-0.2, 0) is 11.2 Å². The van der Waals surface area contributed by atoms with Gasteiger partial charge in [0.05, 0.1) is 12.3 Å². The molecule has 0 bridgehead atoms. The lowest BCUT2D eigenvalue weighted by molar-refractivity contribution is -0.116. The van der Waals surface area contributed by atoms with Gasteiger partial charge in [0.15, 0.2) is 0 Å². The molecule has 0 saturated carbocycles. The van der Waals surface area contributed by atoms with Crippen LogP contribution in [0.25, 0.3) is 0 Å². The maximum absolute atomic E-state index is 13.5. The molecule has 116 valence electrons. The van der Waals surface area contributed by atoms with Crippen molar-refractivity contribution in [2.75, 3.05) is 11.9 Å². The van der Waals surface area contributed by atoms with Gasteiger partial charge >= 0.3 is 0 Å². The van der Waals surface area contributed by atoms with Crippen LogP contribution in [0.4, 0.5) is 14.5 Å². The highest BCUT2D eigenvalue weighted by Gasteiger charge is 2.10. The number of hydrogen-bond donors (Lipinski definition) is 1. The molecule has 2 aromatic rings. The summed E-state index contributed by atoms with van der Waals surface area (Å²) in [6, 6.07) is 10.4. The van der Waals surface area contributed by atoms with Gasteiger partial charge in [-0.15, -0.1) is 0 Å². The molecule has 2 rings (SSSR count). The molecular formula is C17H17F2NO2. The number of carbonyl (C=O) groups excluding carboxylic acids is 1. The van der Waals surface area contributed by atoms with Gasteiger partial charge in [-0.05, 0) is 37.1 Å². The van der Waals surface area contributed by atoms with Crippen LogP contribution >= 0.6 is 0 Å². The van der Waals surface area contributed by atoms with Crippen molar-refractivity contribution in [1.29, 1.82) is 0 Å². The lowest BCUT2D eigenvalue weighted by atomic mass is 10.1. The van der Waals surface area contributed by atoms with Gasteiger partial charge in [-0.3, -0.25) is 4.79 Å². The number of halogens is 2. The molecule has 0 radical (unpaired) electrons. The van der Waals surface area contributed by atoms with E-state index < -0.39 is 11.6 Å². The first kappa shape index (κ1) is 15.9. The number of benzene rings is 2. The zero-order chi connectivity index (χ0) is 15.9. The molecule has 0 atom stereocenters. The monoisotopic (exact) mass is 305 g/mol. The average Bonchev–Trinajstić information content (AvgIpc) is 2.50. The van der Waals surface area contributed by atoms with Crippen LogP contribution in [0.15, 0.2) is 42.5 Å². The lowest BCUT2D eigenvalue weighted by Gasteiger charge is -2.10. The Hall–Kier alpha value is -2.43. The highest BCUT2D eigenvalue weighted by molar-refractivity contribution is 5.91. The molecule has 0 aliphatic carbocycles. The minimum atomic E-state index is -0.663. The van der Waals surface area contributed by atoms with E-state index in [-0.39, 0.29) is 18.0 Å². The van der Waals surface area contributed by atoms with E-state index in [9.17, 15) is 13.6 Å². The molecule has 22 heavy (non-hydrogen) atoms. The van der Waals surface area contributed by atoms with Crippen molar-refractivity contribution in [3.8, 4) is 5.75 Å². The van der Waals surface area contributed by atoms with Gasteiger partial charge < -0.3 is 10.1 Å². The first-order valence-electron chi connectivity index (χ1n) is 7.05. The molecule has 5 heteroatoms. The molecule has 2 aromatic carbocycles. The summed E-state index contributed by atoms with van der Waals surface area (Å²) in [4.78, 5) is 11.9. The molecule has 0 unspecified atom stereocenters. The molecule has 1 N–H and O–H groups in total. The van der Waals surface area contributed by atoms with Gasteiger partial charge in [0, 0.05) is 12.5 Å². The summed E-state index contributed by atoms with van der Waals surface area (Å²) in [6.45, 7) is 2.42. The predicted molar refractivity (Wildman–Crippen MR) is 80.9 cm³/mol. The van der Waals surface area contributed by atoms with Gasteiger partial charge in [0.2, 0.25) is 5.91 Å². The maximum Gasteiger partial charge on any atom is 0.224 e. The zero-order valence-corrected chi connectivity index (χ0v) is 12.2. The van der Waals surface area contributed by atoms with Crippen LogP contribution in [-0.4, -0.2) is 12.5 Å². The summed E-state index contributed by atoms with van der Waals surface area (Å²) < 4.78 is 32.0.